The third kappa shape index (κ3) is 6.31. The first-order valence-electron chi connectivity index (χ1n) is 8.32. The third-order valence-corrected chi connectivity index (χ3v) is 4.46. The molecule has 0 saturated carbocycles. The van der Waals surface area contributed by atoms with Crippen LogP contribution in [-0.4, -0.2) is 34.8 Å². The lowest BCUT2D eigenvalue weighted by Gasteiger charge is -2.22. The SMILES string of the molecule is CCCN(CC(=O)Nc1ccccc1SC(F)F)Cc1ccccc1O. The van der Waals surface area contributed by atoms with E-state index in [0.29, 0.717) is 35.4 Å². The Hall–Kier alpha value is -2.12. The van der Waals surface area contributed by atoms with Gasteiger partial charge in [-0.15, -0.1) is 0 Å². The molecule has 2 rings (SSSR count). The highest BCUT2D eigenvalue weighted by molar-refractivity contribution is 7.99. The first kappa shape index (κ1) is 20.2. The molecule has 140 valence electrons. The third-order valence-electron chi connectivity index (χ3n) is 3.67. The van der Waals surface area contributed by atoms with Crippen LogP contribution >= 0.6 is 11.8 Å². The normalized spacial score (nSPS) is 11.1. The van der Waals surface area contributed by atoms with Crippen LogP contribution in [0.4, 0.5) is 14.5 Å². The number of hydrogen-bond acceptors (Lipinski definition) is 4. The molecule has 0 atom stereocenters. The molecule has 2 aromatic carbocycles. The van der Waals surface area contributed by atoms with Gasteiger partial charge in [0.05, 0.1) is 12.2 Å². The van der Waals surface area contributed by atoms with Crippen molar-refractivity contribution >= 4 is 23.4 Å². The van der Waals surface area contributed by atoms with E-state index in [2.05, 4.69) is 5.32 Å². The quantitative estimate of drug-likeness (QED) is 0.627. The predicted octanol–water partition coefficient (Wildman–Crippen LogP) is 4.56. The molecule has 2 N–H and O–H groups in total. The Morgan fingerprint density at radius 2 is 1.88 bits per heavy atom. The monoisotopic (exact) mass is 380 g/mol. The second-order valence-electron chi connectivity index (χ2n) is 5.76. The summed E-state index contributed by atoms with van der Waals surface area (Å²) in [6, 6.07) is 13.5. The zero-order valence-electron chi connectivity index (χ0n) is 14.5. The van der Waals surface area contributed by atoms with Gasteiger partial charge in [0, 0.05) is 17.0 Å². The Labute approximate surface area is 156 Å². The number of benzene rings is 2. The summed E-state index contributed by atoms with van der Waals surface area (Å²) in [7, 11) is 0. The second kappa shape index (κ2) is 10.1. The van der Waals surface area contributed by atoms with E-state index < -0.39 is 5.76 Å². The van der Waals surface area contributed by atoms with Gasteiger partial charge in [-0.3, -0.25) is 9.69 Å². The summed E-state index contributed by atoms with van der Waals surface area (Å²) in [6.07, 6.45) is 0.846. The number of nitrogens with one attached hydrogen (secondary N) is 1. The van der Waals surface area contributed by atoms with E-state index >= 15 is 0 Å². The van der Waals surface area contributed by atoms with Gasteiger partial charge in [-0.2, -0.15) is 8.78 Å². The van der Waals surface area contributed by atoms with Crippen LogP contribution in [0.15, 0.2) is 53.4 Å². The smallest absolute Gasteiger partial charge is 0.288 e. The number of nitrogens with zero attached hydrogens (tertiary/aromatic N) is 1. The number of phenolic OH excluding ortho intramolecular Hbond substituents is 1. The van der Waals surface area contributed by atoms with Crippen LogP contribution in [0.5, 0.6) is 5.75 Å². The largest absolute Gasteiger partial charge is 0.508 e. The minimum atomic E-state index is -2.55. The van der Waals surface area contributed by atoms with Gasteiger partial charge in [-0.1, -0.05) is 49.0 Å². The molecule has 0 heterocycles. The van der Waals surface area contributed by atoms with E-state index in [1.807, 2.05) is 24.0 Å². The molecule has 26 heavy (non-hydrogen) atoms. The lowest BCUT2D eigenvalue weighted by Crippen LogP contribution is -2.33. The lowest BCUT2D eigenvalue weighted by molar-refractivity contribution is -0.117. The molecule has 0 aliphatic heterocycles. The van der Waals surface area contributed by atoms with Gasteiger partial charge < -0.3 is 10.4 Å². The Kier molecular flexibility index (Phi) is 7.87. The zero-order chi connectivity index (χ0) is 18.9. The molecule has 0 radical (unpaired) electrons. The Balaban J connectivity index is 2.03. The minimum Gasteiger partial charge on any atom is -0.508 e. The fourth-order valence-electron chi connectivity index (χ4n) is 2.58. The van der Waals surface area contributed by atoms with Crippen LogP contribution in [0.3, 0.4) is 0 Å². The number of thioether (sulfide) groups is 1. The lowest BCUT2D eigenvalue weighted by atomic mass is 10.2. The maximum atomic E-state index is 12.6. The summed E-state index contributed by atoms with van der Waals surface area (Å²) in [5.41, 5.74) is 1.12. The van der Waals surface area contributed by atoms with Crippen molar-refractivity contribution in [3.05, 3.63) is 54.1 Å². The average molecular weight is 380 g/mol. The topological polar surface area (TPSA) is 52.6 Å². The highest BCUT2D eigenvalue weighted by atomic mass is 32.2. The number of aromatic hydroxyl groups is 1. The zero-order valence-corrected chi connectivity index (χ0v) is 15.3. The van der Waals surface area contributed by atoms with Gasteiger partial charge >= 0.3 is 0 Å². The Bertz CT molecular complexity index is 728. The summed E-state index contributed by atoms with van der Waals surface area (Å²) < 4.78 is 25.3. The molecule has 4 nitrogen and oxygen atoms in total. The van der Waals surface area contributed by atoms with Crippen molar-refractivity contribution in [1.29, 1.82) is 0 Å². The summed E-state index contributed by atoms with van der Waals surface area (Å²) in [6.45, 7) is 3.22. The second-order valence-corrected chi connectivity index (χ2v) is 6.79. The maximum absolute atomic E-state index is 12.6. The summed E-state index contributed by atoms with van der Waals surface area (Å²) >= 11 is 0.406. The fourth-order valence-corrected chi connectivity index (χ4v) is 3.17. The molecule has 2 aromatic rings. The van der Waals surface area contributed by atoms with E-state index in [9.17, 15) is 18.7 Å². The van der Waals surface area contributed by atoms with Gasteiger partial charge in [0.15, 0.2) is 0 Å². The molecule has 0 saturated heterocycles. The first-order valence-corrected chi connectivity index (χ1v) is 9.20. The molecule has 0 aromatic heterocycles. The van der Waals surface area contributed by atoms with E-state index in [-0.39, 0.29) is 18.2 Å². The number of amides is 1. The number of carbonyl (C=O) groups excluding carboxylic acids is 1. The number of para-hydroxylation sites is 2. The Morgan fingerprint density at radius 3 is 2.58 bits per heavy atom. The molecule has 0 spiro atoms. The van der Waals surface area contributed by atoms with Crippen LogP contribution in [0.2, 0.25) is 0 Å². The summed E-state index contributed by atoms with van der Waals surface area (Å²) in [5.74, 6) is -2.64. The number of anilines is 1. The number of alkyl halides is 2. The minimum absolute atomic E-state index is 0.107. The van der Waals surface area contributed by atoms with Crippen LogP contribution in [-0.2, 0) is 11.3 Å². The predicted molar refractivity (Wildman–Crippen MR) is 101 cm³/mol. The molecule has 0 unspecified atom stereocenters. The van der Waals surface area contributed by atoms with E-state index in [1.54, 1.807) is 36.4 Å². The van der Waals surface area contributed by atoms with Gasteiger partial charge in [-0.05, 0) is 31.2 Å². The highest BCUT2D eigenvalue weighted by Gasteiger charge is 2.15. The fraction of sp³-hybridized carbons (Fsp3) is 0.316. The van der Waals surface area contributed by atoms with Crippen molar-refractivity contribution in [3.8, 4) is 5.75 Å². The first-order chi connectivity index (χ1) is 12.5. The van der Waals surface area contributed by atoms with Gasteiger partial charge in [0.1, 0.15) is 5.75 Å². The average Bonchev–Trinajstić information content (AvgIpc) is 2.58. The van der Waals surface area contributed by atoms with Gasteiger partial charge in [-0.25, -0.2) is 0 Å². The molecule has 0 aliphatic carbocycles. The summed E-state index contributed by atoms with van der Waals surface area (Å²) in [5, 5.41) is 12.6. The van der Waals surface area contributed by atoms with Crippen molar-refractivity contribution in [1.82, 2.24) is 4.90 Å². The number of rotatable bonds is 9. The highest BCUT2D eigenvalue weighted by Crippen LogP contribution is 2.31. The Morgan fingerprint density at radius 1 is 1.19 bits per heavy atom. The van der Waals surface area contributed by atoms with Crippen LogP contribution in [0.25, 0.3) is 0 Å². The molecule has 0 bridgehead atoms. The maximum Gasteiger partial charge on any atom is 0.288 e. The molecular weight excluding hydrogens is 358 g/mol. The number of halogens is 2. The summed E-state index contributed by atoms with van der Waals surface area (Å²) in [4.78, 5) is 14.6. The van der Waals surface area contributed by atoms with Crippen LogP contribution in [0, 0.1) is 0 Å². The van der Waals surface area contributed by atoms with Crippen molar-refractivity contribution < 1.29 is 18.7 Å². The molecular formula is C19H22F2N2O2S. The van der Waals surface area contributed by atoms with E-state index in [1.165, 1.54) is 0 Å². The van der Waals surface area contributed by atoms with Crippen molar-refractivity contribution in [2.45, 2.75) is 30.5 Å². The van der Waals surface area contributed by atoms with Gasteiger partial charge in [0.2, 0.25) is 5.91 Å². The molecule has 0 aliphatic rings. The standard InChI is InChI=1S/C19H22F2N2O2S/c1-2-11-23(12-14-7-3-5-9-16(14)24)13-18(25)22-15-8-4-6-10-17(15)26-19(20)21/h3-10,19,24H,2,11-13H2,1H3,(H,22,25). The van der Waals surface area contributed by atoms with Crippen molar-refractivity contribution in [3.63, 3.8) is 0 Å². The van der Waals surface area contributed by atoms with E-state index in [0.717, 1.165) is 12.0 Å². The number of phenols is 1. The van der Waals surface area contributed by atoms with Gasteiger partial charge in [0.25, 0.3) is 5.76 Å². The van der Waals surface area contributed by atoms with E-state index in [4.69, 9.17) is 0 Å². The molecule has 0 fully saturated rings. The number of hydrogen-bond donors (Lipinski definition) is 2. The van der Waals surface area contributed by atoms with Crippen molar-refractivity contribution in [2.75, 3.05) is 18.4 Å². The molecule has 7 heteroatoms. The molecule has 1 amide bonds. The van der Waals surface area contributed by atoms with Crippen molar-refractivity contribution in [2.24, 2.45) is 0 Å². The number of carbonyl (C=O) groups is 1. The van der Waals surface area contributed by atoms with Crippen LogP contribution < -0.4 is 5.32 Å². The van der Waals surface area contributed by atoms with Crippen LogP contribution in [0.1, 0.15) is 18.9 Å².